The molecular weight excluding hydrogens is 392 g/mol. The fourth-order valence-corrected chi connectivity index (χ4v) is 2.78. The maximum absolute atomic E-state index is 13.2. The third-order valence-electron chi connectivity index (χ3n) is 4.49. The van der Waals surface area contributed by atoms with E-state index in [-0.39, 0.29) is 28.0 Å². The molecule has 2 atom stereocenters. The molecule has 0 radical (unpaired) electrons. The van der Waals surface area contributed by atoms with Gasteiger partial charge in [-0.2, -0.15) is 0 Å². The van der Waals surface area contributed by atoms with Crippen LogP contribution in [-0.4, -0.2) is 34.4 Å². The number of ether oxygens (including phenoxy) is 2. The van der Waals surface area contributed by atoms with Crippen molar-refractivity contribution in [2.75, 3.05) is 0 Å². The Bertz CT molecular complexity index is 1160. The minimum Gasteiger partial charge on any atom is -0.479 e. The van der Waals surface area contributed by atoms with Crippen molar-refractivity contribution in [1.29, 1.82) is 0 Å². The molecule has 2 aromatic carbocycles. The highest BCUT2D eigenvalue weighted by Crippen LogP contribution is 2.32. The second-order valence-electron chi connectivity index (χ2n) is 6.84. The van der Waals surface area contributed by atoms with E-state index >= 15 is 0 Å². The van der Waals surface area contributed by atoms with Gasteiger partial charge in [-0.3, -0.25) is 4.79 Å². The Morgan fingerprint density at radius 2 is 1.57 bits per heavy atom. The van der Waals surface area contributed by atoms with E-state index < -0.39 is 29.6 Å². The minimum atomic E-state index is -1.26. The zero-order valence-electron chi connectivity index (χ0n) is 16.5. The third-order valence-corrected chi connectivity index (χ3v) is 4.49. The van der Waals surface area contributed by atoms with E-state index in [1.54, 1.807) is 12.1 Å². The second kappa shape index (κ2) is 8.28. The summed E-state index contributed by atoms with van der Waals surface area (Å²) in [4.78, 5) is 35.6. The zero-order valence-corrected chi connectivity index (χ0v) is 16.5. The van der Waals surface area contributed by atoms with Crippen LogP contribution in [0.25, 0.3) is 22.1 Å². The van der Waals surface area contributed by atoms with Gasteiger partial charge >= 0.3 is 11.9 Å². The Morgan fingerprint density at radius 3 is 2.17 bits per heavy atom. The van der Waals surface area contributed by atoms with Crippen LogP contribution in [0.3, 0.4) is 0 Å². The van der Waals surface area contributed by atoms with Crippen LogP contribution in [-0.2, 0) is 9.59 Å². The van der Waals surface area contributed by atoms with Crippen LogP contribution >= 0.6 is 0 Å². The molecule has 0 unspecified atom stereocenters. The Morgan fingerprint density at radius 1 is 0.967 bits per heavy atom. The lowest BCUT2D eigenvalue weighted by molar-refractivity contribution is -0.144. The molecule has 8 nitrogen and oxygen atoms in total. The number of hydrogen-bond acceptors (Lipinski definition) is 6. The van der Waals surface area contributed by atoms with Crippen molar-refractivity contribution in [2.24, 2.45) is 0 Å². The first kappa shape index (κ1) is 20.9. The van der Waals surface area contributed by atoms with E-state index in [0.29, 0.717) is 5.56 Å². The average molecular weight is 412 g/mol. The van der Waals surface area contributed by atoms with Gasteiger partial charge in [-0.05, 0) is 26.3 Å². The quantitative estimate of drug-likeness (QED) is 0.605. The molecule has 30 heavy (non-hydrogen) atoms. The highest BCUT2D eigenvalue weighted by molar-refractivity contribution is 5.89. The first-order valence-corrected chi connectivity index (χ1v) is 9.13. The lowest BCUT2D eigenvalue weighted by Gasteiger charge is -2.16. The van der Waals surface area contributed by atoms with Gasteiger partial charge in [0.25, 0.3) is 0 Å². The first-order valence-electron chi connectivity index (χ1n) is 9.13. The smallest absolute Gasteiger partial charge is 0.344 e. The first-order chi connectivity index (χ1) is 14.2. The SMILES string of the molecule is Cc1ccc(-c2coc3cc(O[C@@H](C)C(=O)O)cc(O[C@@H](C)C(=O)O)c3c2=O)cc1. The Kier molecular flexibility index (Phi) is 5.77. The highest BCUT2D eigenvalue weighted by atomic mass is 16.5. The van der Waals surface area contributed by atoms with E-state index in [0.717, 1.165) is 5.56 Å². The van der Waals surface area contributed by atoms with Gasteiger partial charge in [0.05, 0.1) is 5.56 Å². The molecule has 0 aliphatic carbocycles. The molecule has 0 amide bonds. The third kappa shape index (κ3) is 4.27. The molecule has 1 heterocycles. The predicted molar refractivity (Wildman–Crippen MR) is 108 cm³/mol. The molecule has 8 heteroatoms. The highest BCUT2D eigenvalue weighted by Gasteiger charge is 2.21. The molecule has 0 saturated heterocycles. The van der Waals surface area contributed by atoms with Crippen molar-refractivity contribution in [3.8, 4) is 22.6 Å². The number of rotatable bonds is 7. The monoisotopic (exact) mass is 412 g/mol. The molecule has 0 spiro atoms. The lowest BCUT2D eigenvalue weighted by Crippen LogP contribution is -2.24. The van der Waals surface area contributed by atoms with Crippen LogP contribution in [0.2, 0.25) is 0 Å². The van der Waals surface area contributed by atoms with Gasteiger partial charge < -0.3 is 24.1 Å². The minimum absolute atomic E-state index is 0.0384. The second-order valence-corrected chi connectivity index (χ2v) is 6.84. The van der Waals surface area contributed by atoms with Gasteiger partial charge in [0.2, 0.25) is 5.43 Å². The van der Waals surface area contributed by atoms with Crippen molar-refractivity contribution in [3.05, 3.63) is 58.4 Å². The number of aryl methyl sites for hydroxylation is 1. The van der Waals surface area contributed by atoms with Crippen LogP contribution in [0.1, 0.15) is 19.4 Å². The topological polar surface area (TPSA) is 123 Å². The molecule has 0 aliphatic rings. The Labute approximate surface area is 171 Å². The van der Waals surface area contributed by atoms with E-state index in [1.807, 2.05) is 19.1 Å². The predicted octanol–water partition coefficient (Wildman–Crippen LogP) is 3.47. The van der Waals surface area contributed by atoms with E-state index in [1.165, 1.54) is 32.2 Å². The molecule has 0 saturated carbocycles. The van der Waals surface area contributed by atoms with Crippen LogP contribution < -0.4 is 14.9 Å². The van der Waals surface area contributed by atoms with Crippen molar-refractivity contribution in [1.82, 2.24) is 0 Å². The fourth-order valence-electron chi connectivity index (χ4n) is 2.78. The molecule has 0 fully saturated rings. The normalized spacial score (nSPS) is 12.9. The zero-order chi connectivity index (χ0) is 22.0. The number of hydrogen-bond donors (Lipinski definition) is 2. The Balaban J connectivity index is 2.19. The maximum Gasteiger partial charge on any atom is 0.344 e. The molecule has 156 valence electrons. The number of fused-ring (bicyclic) bond motifs is 1. The van der Waals surface area contributed by atoms with Crippen LogP contribution in [0, 0.1) is 6.92 Å². The van der Waals surface area contributed by atoms with E-state index in [4.69, 9.17) is 19.0 Å². The van der Waals surface area contributed by atoms with Gasteiger partial charge in [-0.15, -0.1) is 0 Å². The summed E-state index contributed by atoms with van der Waals surface area (Å²) in [6.45, 7) is 4.57. The number of carbonyl (C=O) groups is 2. The Hall–Kier alpha value is -3.81. The van der Waals surface area contributed by atoms with Gasteiger partial charge in [-0.1, -0.05) is 29.8 Å². The summed E-state index contributed by atoms with van der Waals surface area (Å²) in [5.41, 5.74) is 1.61. The number of carboxylic acid groups (broad SMARTS) is 2. The van der Waals surface area contributed by atoms with Crippen molar-refractivity contribution >= 4 is 22.9 Å². The largest absolute Gasteiger partial charge is 0.479 e. The van der Waals surface area contributed by atoms with Crippen LogP contribution in [0.5, 0.6) is 11.5 Å². The van der Waals surface area contributed by atoms with E-state index in [2.05, 4.69) is 0 Å². The summed E-state index contributed by atoms with van der Waals surface area (Å²) in [6, 6.07) is 9.92. The summed E-state index contributed by atoms with van der Waals surface area (Å²) in [5, 5.41) is 18.3. The van der Waals surface area contributed by atoms with Crippen molar-refractivity contribution in [3.63, 3.8) is 0 Å². The summed E-state index contributed by atoms with van der Waals surface area (Å²) >= 11 is 0. The van der Waals surface area contributed by atoms with E-state index in [9.17, 15) is 19.5 Å². The molecule has 3 rings (SSSR count). The number of carboxylic acids is 2. The lowest BCUT2D eigenvalue weighted by atomic mass is 10.0. The standard InChI is InChI=1S/C22H20O8/c1-11-4-6-14(7-5-11)16-10-28-17-8-15(29-12(2)21(24)25)9-18(19(17)20(16)23)30-13(3)22(26)27/h4-10,12-13H,1-3H3,(H,24,25)(H,26,27)/t12-,13-/m0/s1. The summed E-state index contributed by atoms with van der Waals surface area (Å²) in [7, 11) is 0. The van der Waals surface area contributed by atoms with Gasteiger partial charge in [0, 0.05) is 12.1 Å². The number of benzene rings is 2. The molecule has 0 aliphatic heterocycles. The molecule has 2 N–H and O–H groups in total. The average Bonchev–Trinajstić information content (AvgIpc) is 2.68. The van der Waals surface area contributed by atoms with Gasteiger partial charge in [0.15, 0.2) is 12.2 Å². The molecular formula is C22H20O8. The van der Waals surface area contributed by atoms with Crippen molar-refractivity contribution < 1.29 is 33.7 Å². The summed E-state index contributed by atoms with van der Waals surface area (Å²) < 4.78 is 16.4. The fraction of sp³-hybridized carbons (Fsp3) is 0.227. The summed E-state index contributed by atoms with van der Waals surface area (Å²) in [5.74, 6) is -2.42. The molecule has 0 bridgehead atoms. The van der Waals surface area contributed by atoms with Crippen LogP contribution in [0.15, 0.2) is 51.9 Å². The summed E-state index contributed by atoms with van der Waals surface area (Å²) in [6.07, 6.45) is -1.14. The molecule has 1 aromatic heterocycles. The van der Waals surface area contributed by atoms with Gasteiger partial charge in [0.1, 0.15) is 28.7 Å². The number of aliphatic carboxylic acids is 2. The molecule has 3 aromatic rings. The van der Waals surface area contributed by atoms with Crippen molar-refractivity contribution in [2.45, 2.75) is 33.0 Å². The van der Waals surface area contributed by atoms with Crippen LogP contribution in [0.4, 0.5) is 0 Å². The van der Waals surface area contributed by atoms with Gasteiger partial charge in [-0.25, -0.2) is 9.59 Å². The maximum atomic E-state index is 13.2.